The molecule has 0 spiro atoms. The Hall–Kier alpha value is -1.63. The van der Waals surface area contributed by atoms with Crippen molar-refractivity contribution in [2.24, 2.45) is 0 Å². The van der Waals surface area contributed by atoms with Gasteiger partial charge in [0.05, 0.1) is 0 Å². The maximum Gasteiger partial charge on any atom is 0.323 e. The standard InChI is InChI=1S/C14H25N3O4/c1-16(10-11-17-8-4-5-9-17)14(21)15-12(18)6-2-3-7-13(19)20/h2-11H2,1H3,(H,19,20)(H,15,18,21). The average Bonchev–Trinajstić information content (AvgIpc) is 2.93. The molecule has 0 aromatic heterocycles. The van der Waals surface area contributed by atoms with Crippen molar-refractivity contribution in [1.29, 1.82) is 0 Å². The fourth-order valence-corrected chi connectivity index (χ4v) is 2.24. The predicted octanol–water partition coefficient (Wildman–Crippen LogP) is 0.895. The van der Waals surface area contributed by atoms with Gasteiger partial charge in [0, 0.05) is 33.0 Å². The molecule has 1 heterocycles. The van der Waals surface area contributed by atoms with Crippen LogP contribution in [0.4, 0.5) is 4.79 Å². The van der Waals surface area contributed by atoms with Crippen molar-refractivity contribution in [1.82, 2.24) is 15.1 Å². The number of amides is 3. The minimum absolute atomic E-state index is 0.0525. The minimum Gasteiger partial charge on any atom is -0.481 e. The molecule has 120 valence electrons. The van der Waals surface area contributed by atoms with E-state index in [1.54, 1.807) is 7.05 Å². The molecule has 0 bridgehead atoms. The molecule has 0 radical (unpaired) electrons. The molecule has 1 rings (SSSR count). The molecule has 0 atom stereocenters. The predicted molar refractivity (Wildman–Crippen MR) is 77.9 cm³/mol. The lowest BCUT2D eigenvalue weighted by atomic mass is 10.2. The molecular weight excluding hydrogens is 274 g/mol. The molecule has 0 aromatic carbocycles. The summed E-state index contributed by atoms with van der Waals surface area (Å²) in [4.78, 5) is 37.5. The molecular formula is C14H25N3O4. The molecule has 1 aliphatic rings. The lowest BCUT2D eigenvalue weighted by Crippen LogP contribution is -2.43. The summed E-state index contributed by atoms with van der Waals surface area (Å²) in [5.74, 6) is -1.22. The van der Waals surface area contributed by atoms with Crippen LogP contribution in [0.1, 0.15) is 38.5 Å². The second kappa shape index (κ2) is 9.33. The zero-order chi connectivity index (χ0) is 15.7. The number of nitrogens with zero attached hydrogens (tertiary/aromatic N) is 2. The number of nitrogens with one attached hydrogen (secondary N) is 1. The van der Waals surface area contributed by atoms with Gasteiger partial charge in [0.2, 0.25) is 5.91 Å². The van der Waals surface area contributed by atoms with Gasteiger partial charge in [-0.05, 0) is 38.8 Å². The van der Waals surface area contributed by atoms with Gasteiger partial charge in [0.25, 0.3) is 0 Å². The quantitative estimate of drug-likeness (QED) is 0.650. The van der Waals surface area contributed by atoms with Crippen molar-refractivity contribution in [3.05, 3.63) is 0 Å². The van der Waals surface area contributed by atoms with Gasteiger partial charge in [0.15, 0.2) is 0 Å². The average molecular weight is 299 g/mol. The molecule has 1 fully saturated rings. The van der Waals surface area contributed by atoms with Crippen LogP contribution in [0.15, 0.2) is 0 Å². The summed E-state index contributed by atoms with van der Waals surface area (Å²) in [7, 11) is 1.67. The first-order valence-electron chi connectivity index (χ1n) is 7.48. The summed E-state index contributed by atoms with van der Waals surface area (Å²) >= 11 is 0. The summed E-state index contributed by atoms with van der Waals surface area (Å²) in [5.41, 5.74) is 0. The molecule has 2 N–H and O–H groups in total. The molecule has 0 saturated carbocycles. The summed E-state index contributed by atoms with van der Waals surface area (Å²) in [6.07, 6.45) is 3.58. The minimum atomic E-state index is -0.867. The third kappa shape index (κ3) is 7.65. The van der Waals surface area contributed by atoms with E-state index in [4.69, 9.17) is 5.11 Å². The van der Waals surface area contributed by atoms with Crippen LogP contribution in [0.2, 0.25) is 0 Å². The van der Waals surface area contributed by atoms with Gasteiger partial charge in [-0.2, -0.15) is 0 Å². The van der Waals surface area contributed by atoms with Crippen LogP contribution >= 0.6 is 0 Å². The smallest absolute Gasteiger partial charge is 0.323 e. The molecule has 7 heteroatoms. The lowest BCUT2D eigenvalue weighted by molar-refractivity contribution is -0.137. The van der Waals surface area contributed by atoms with E-state index in [1.165, 1.54) is 17.7 Å². The van der Waals surface area contributed by atoms with Crippen LogP contribution < -0.4 is 5.32 Å². The molecule has 7 nitrogen and oxygen atoms in total. The van der Waals surface area contributed by atoms with Gasteiger partial charge >= 0.3 is 12.0 Å². The van der Waals surface area contributed by atoms with Gasteiger partial charge in [0.1, 0.15) is 0 Å². The molecule has 3 amide bonds. The Morgan fingerprint density at radius 1 is 1.14 bits per heavy atom. The highest BCUT2D eigenvalue weighted by molar-refractivity contribution is 5.94. The summed E-state index contributed by atoms with van der Waals surface area (Å²) < 4.78 is 0. The molecule has 21 heavy (non-hydrogen) atoms. The second-order valence-electron chi connectivity index (χ2n) is 5.42. The summed E-state index contributed by atoms with van der Waals surface area (Å²) in [6, 6.07) is -0.391. The first kappa shape index (κ1) is 17.4. The number of carbonyl (C=O) groups is 3. The summed E-state index contributed by atoms with van der Waals surface area (Å²) in [5, 5.41) is 10.8. The van der Waals surface area contributed by atoms with Crippen LogP contribution in [0.25, 0.3) is 0 Å². The highest BCUT2D eigenvalue weighted by Gasteiger charge is 2.15. The third-order valence-corrected chi connectivity index (χ3v) is 3.59. The van der Waals surface area contributed by atoms with Crippen LogP contribution in [0.3, 0.4) is 0 Å². The normalized spacial score (nSPS) is 14.9. The molecule has 0 unspecified atom stereocenters. The summed E-state index contributed by atoms with van der Waals surface area (Å²) in [6.45, 7) is 3.59. The highest BCUT2D eigenvalue weighted by Crippen LogP contribution is 2.06. The van der Waals surface area contributed by atoms with Gasteiger partial charge in [-0.15, -0.1) is 0 Å². The number of imide groups is 1. The number of carboxylic acids is 1. The van der Waals surface area contributed by atoms with Crippen molar-refractivity contribution in [3.63, 3.8) is 0 Å². The van der Waals surface area contributed by atoms with E-state index in [9.17, 15) is 14.4 Å². The SMILES string of the molecule is CN(CCN1CCCC1)C(=O)NC(=O)CCCCC(=O)O. The monoisotopic (exact) mass is 299 g/mol. The van der Waals surface area contributed by atoms with Gasteiger partial charge < -0.3 is 14.9 Å². The first-order chi connectivity index (χ1) is 9.99. The van der Waals surface area contributed by atoms with Crippen molar-refractivity contribution in [3.8, 4) is 0 Å². The topological polar surface area (TPSA) is 90.0 Å². The zero-order valence-electron chi connectivity index (χ0n) is 12.6. The molecule has 0 aliphatic carbocycles. The Labute approximate surface area is 125 Å². The van der Waals surface area contributed by atoms with E-state index >= 15 is 0 Å². The van der Waals surface area contributed by atoms with Crippen molar-refractivity contribution in [2.75, 3.05) is 33.2 Å². The fraction of sp³-hybridized carbons (Fsp3) is 0.786. The number of carboxylic acid groups (broad SMARTS) is 1. The third-order valence-electron chi connectivity index (χ3n) is 3.59. The number of likely N-dealkylation sites (N-methyl/N-ethyl adjacent to an activating group) is 1. The number of unbranched alkanes of at least 4 members (excludes halogenated alkanes) is 1. The molecule has 1 saturated heterocycles. The number of aliphatic carboxylic acids is 1. The van der Waals surface area contributed by atoms with E-state index in [2.05, 4.69) is 10.2 Å². The fourth-order valence-electron chi connectivity index (χ4n) is 2.24. The van der Waals surface area contributed by atoms with E-state index in [0.717, 1.165) is 19.6 Å². The maximum absolute atomic E-state index is 11.8. The van der Waals surface area contributed by atoms with E-state index < -0.39 is 12.0 Å². The van der Waals surface area contributed by atoms with Crippen LogP contribution in [-0.2, 0) is 9.59 Å². The number of carbonyl (C=O) groups excluding carboxylic acids is 2. The Bertz CT molecular complexity index is 367. The van der Waals surface area contributed by atoms with Crippen LogP contribution in [-0.4, -0.2) is 66.0 Å². The Kier molecular flexibility index (Phi) is 7.74. The highest BCUT2D eigenvalue weighted by atomic mass is 16.4. The lowest BCUT2D eigenvalue weighted by Gasteiger charge is -2.21. The van der Waals surface area contributed by atoms with Crippen molar-refractivity contribution in [2.45, 2.75) is 38.5 Å². The largest absolute Gasteiger partial charge is 0.481 e. The Balaban J connectivity index is 2.12. The van der Waals surface area contributed by atoms with E-state index in [1.807, 2.05) is 0 Å². The number of hydrogen-bond donors (Lipinski definition) is 2. The van der Waals surface area contributed by atoms with E-state index in [0.29, 0.717) is 19.4 Å². The van der Waals surface area contributed by atoms with E-state index in [-0.39, 0.29) is 18.7 Å². The zero-order valence-corrected chi connectivity index (χ0v) is 12.6. The van der Waals surface area contributed by atoms with Crippen molar-refractivity contribution >= 4 is 17.9 Å². The second-order valence-corrected chi connectivity index (χ2v) is 5.42. The number of urea groups is 1. The maximum atomic E-state index is 11.8. The van der Waals surface area contributed by atoms with Crippen LogP contribution in [0, 0.1) is 0 Å². The first-order valence-corrected chi connectivity index (χ1v) is 7.48. The van der Waals surface area contributed by atoms with Crippen molar-refractivity contribution < 1.29 is 19.5 Å². The van der Waals surface area contributed by atoms with Crippen LogP contribution in [0.5, 0.6) is 0 Å². The Morgan fingerprint density at radius 3 is 2.38 bits per heavy atom. The molecule has 0 aromatic rings. The Morgan fingerprint density at radius 2 is 1.76 bits per heavy atom. The van der Waals surface area contributed by atoms with Gasteiger partial charge in [-0.1, -0.05) is 0 Å². The molecule has 1 aliphatic heterocycles. The number of rotatable bonds is 8. The number of likely N-dealkylation sites (tertiary alicyclic amines) is 1. The number of hydrogen-bond acceptors (Lipinski definition) is 4. The van der Waals surface area contributed by atoms with Gasteiger partial charge in [-0.3, -0.25) is 14.9 Å². The van der Waals surface area contributed by atoms with Gasteiger partial charge in [-0.25, -0.2) is 4.79 Å².